The van der Waals surface area contributed by atoms with E-state index < -0.39 is 0 Å². The molecule has 2 N–H and O–H groups in total. The normalized spacial score (nSPS) is 11.8. The van der Waals surface area contributed by atoms with Gasteiger partial charge in [0.05, 0.1) is 9.26 Å². The van der Waals surface area contributed by atoms with Crippen LogP contribution in [0.5, 0.6) is 0 Å². The lowest BCUT2D eigenvalue weighted by atomic mass is 9.92. The number of hydrogen-bond donors (Lipinski definition) is 1. The Bertz CT molecular complexity index is 388. The van der Waals surface area contributed by atoms with Crippen LogP contribution in [0, 0.1) is 3.57 Å². The average molecular weight is 349 g/mol. The Morgan fingerprint density at radius 3 is 2.47 bits per heavy atom. The molecule has 1 heterocycles. The Balaban J connectivity index is 2.98. The first kappa shape index (κ1) is 14.6. The fourth-order valence-corrected chi connectivity index (χ4v) is 2.55. The van der Waals surface area contributed by atoms with Gasteiger partial charge < -0.3 is 10.5 Å². The number of ether oxygens (including phenoxy) is 1. The molecule has 0 aromatic carbocycles. The van der Waals surface area contributed by atoms with Gasteiger partial charge in [-0.3, -0.25) is 0 Å². The molecule has 17 heavy (non-hydrogen) atoms. The largest absolute Gasteiger partial charge is 0.385 e. The molecule has 0 fully saturated rings. The molecule has 0 aliphatic carbocycles. The number of aromatic nitrogens is 2. The second kappa shape index (κ2) is 5.95. The topological polar surface area (TPSA) is 61.0 Å². The Labute approximate surface area is 117 Å². The highest BCUT2D eigenvalue weighted by molar-refractivity contribution is 14.1. The first-order chi connectivity index (χ1) is 7.86. The summed E-state index contributed by atoms with van der Waals surface area (Å²) in [7, 11) is 1.70. The summed E-state index contributed by atoms with van der Waals surface area (Å²) in [6.45, 7) is 7.13. The Kier molecular flexibility index (Phi) is 5.12. The zero-order valence-electron chi connectivity index (χ0n) is 10.9. The van der Waals surface area contributed by atoms with Gasteiger partial charge >= 0.3 is 0 Å². The van der Waals surface area contributed by atoms with Crippen molar-refractivity contribution in [2.45, 2.75) is 39.0 Å². The van der Waals surface area contributed by atoms with Crippen LogP contribution < -0.4 is 5.73 Å². The summed E-state index contributed by atoms with van der Waals surface area (Å²) in [6.07, 6.45) is 1.72. The lowest BCUT2D eigenvalue weighted by molar-refractivity contribution is 0.194. The Morgan fingerprint density at radius 2 is 1.94 bits per heavy atom. The van der Waals surface area contributed by atoms with Gasteiger partial charge in [0.2, 0.25) is 0 Å². The number of hydrogen-bond acceptors (Lipinski definition) is 4. The molecule has 0 aliphatic heterocycles. The summed E-state index contributed by atoms with van der Waals surface area (Å²) < 4.78 is 5.99. The van der Waals surface area contributed by atoms with E-state index in [-0.39, 0.29) is 5.41 Å². The summed E-state index contributed by atoms with van der Waals surface area (Å²) in [4.78, 5) is 8.94. The van der Waals surface area contributed by atoms with Crippen LogP contribution in [0.3, 0.4) is 0 Å². The van der Waals surface area contributed by atoms with Gasteiger partial charge in [0.15, 0.2) is 0 Å². The molecule has 0 spiro atoms. The molecule has 0 atom stereocenters. The van der Waals surface area contributed by atoms with Crippen molar-refractivity contribution < 1.29 is 4.74 Å². The molecule has 0 unspecified atom stereocenters. The third kappa shape index (κ3) is 4.06. The van der Waals surface area contributed by atoms with Crippen molar-refractivity contribution in [2.75, 3.05) is 19.5 Å². The van der Waals surface area contributed by atoms with E-state index in [0.29, 0.717) is 5.82 Å². The van der Waals surface area contributed by atoms with Gasteiger partial charge in [-0.25, -0.2) is 9.97 Å². The predicted molar refractivity (Wildman–Crippen MR) is 78.1 cm³/mol. The van der Waals surface area contributed by atoms with Crippen LogP contribution >= 0.6 is 22.6 Å². The molecule has 0 bridgehead atoms. The van der Waals surface area contributed by atoms with Gasteiger partial charge in [-0.2, -0.15) is 0 Å². The Hall–Kier alpha value is -0.430. The minimum Gasteiger partial charge on any atom is -0.385 e. The summed E-state index contributed by atoms with van der Waals surface area (Å²) in [6, 6.07) is 0. The molecule has 0 saturated heterocycles. The van der Waals surface area contributed by atoms with Crippen molar-refractivity contribution in [1.29, 1.82) is 0 Å². The van der Waals surface area contributed by atoms with E-state index in [1.54, 1.807) is 7.11 Å². The van der Waals surface area contributed by atoms with Crippen molar-refractivity contribution in [3.05, 3.63) is 15.1 Å². The minimum absolute atomic E-state index is 0.0103. The summed E-state index contributed by atoms with van der Waals surface area (Å²) in [5.41, 5.74) is 6.95. The van der Waals surface area contributed by atoms with E-state index in [1.165, 1.54) is 0 Å². The number of nitrogens with two attached hydrogens (primary N) is 1. The smallest absolute Gasteiger partial charge is 0.140 e. The molecular formula is C12H20IN3O. The number of nitrogen functional groups attached to an aromatic ring is 1. The van der Waals surface area contributed by atoms with E-state index in [0.717, 1.165) is 34.5 Å². The van der Waals surface area contributed by atoms with Crippen molar-refractivity contribution in [3.8, 4) is 0 Å². The molecule has 0 amide bonds. The number of halogens is 1. The average Bonchev–Trinajstić information content (AvgIpc) is 2.21. The minimum atomic E-state index is -0.0103. The quantitative estimate of drug-likeness (QED) is 0.670. The molecule has 1 aromatic heterocycles. The van der Waals surface area contributed by atoms with Gasteiger partial charge in [-0.15, -0.1) is 0 Å². The lowest BCUT2D eigenvalue weighted by Crippen LogP contribution is -2.19. The summed E-state index contributed by atoms with van der Waals surface area (Å²) in [5, 5.41) is 0. The van der Waals surface area contributed by atoms with E-state index in [2.05, 4.69) is 53.3 Å². The van der Waals surface area contributed by atoms with Gasteiger partial charge in [-0.05, 0) is 29.0 Å². The fourth-order valence-electron chi connectivity index (χ4n) is 1.50. The molecular weight excluding hydrogens is 329 g/mol. The highest BCUT2D eigenvalue weighted by Gasteiger charge is 2.22. The molecule has 5 heteroatoms. The van der Waals surface area contributed by atoms with Crippen LogP contribution in [0.2, 0.25) is 0 Å². The van der Waals surface area contributed by atoms with Crippen LogP contribution in [0.15, 0.2) is 0 Å². The van der Waals surface area contributed by atoms with Crippen LogP contribution in [0.4, 0.5) is 5.82 Å². The predicted octanol–water partition coefficient (Wildman–Crippen LogP) is 2.54. The molecule has 1 aromatic rings. The molecule has 4 nitrogen and oxygen atoms in total. The number of anilines is 1. The number of aryl methyl sites for hydroxylation is 1. The van der Waals surface area contributed by atoms with Crippen LogP contribution in [-0.2, 0) is 16.6 Å². The maximum Gasteiger partial charge on any atom is 0.140 e. The van der Waals surface area contributed by atoms with Crippen LogP contribution in [-0.4, -0.2) is 23.7 Å². The standard InChI is InChI=1S/C12H20IN3O/c1-12(2,3)10-9(13)11(14)16-8(15-10)6-5-7-17-4/h5-7H2,1-4H3,(H2,14,15,16). The third-order valence-corrected chi connectivity index (χ3v) is 3.45. The molecule has 0 radical (unpaired) electrons. The summed E-state index contributed by atoms with van der Waals surface area (Å²) in [5.74, 6) is 1.39. The van der Waals surface area contributed by atoms with Crippen LogP contribution in [0.1, 0.15) is 38.7 Å². The summed E-state index contributed by atoms with van der Waals surface area (Å²) >= 11 is 2.22. The van der Waals surface area contributed by atoms with E-state index >= 15 is 0 Å². The van der Waals surface area contributed by atoms with Crippen LogP contribution in [0.25, 0.3) is 0 Å². The first-order valence-electron chi connectivity index (χ1n) is 5.67. The molecule has 0 saturated carbocycles. The second-order valence-corrected chi connectivity index (χ2v) is 6.11. The fraction of sp³-hybridized carbons (Fsp3) is 0.667. The number of rotatable bonds is 4. The third-order valence-electron chi connectivity index (χ3n) is 2.38. The second-order valence-electron chi connectivity index (χ2n) is 5.03. The van der Waals surface area contributed by atoms with Gasteiger partial charge in [-0.1, -0.05) is 20.8 Å². The van der Waals surface area contributed by atoms with Crippen molar-refractivity contribution >= 4 is 28.4 Å². The van der Waals surface area contributed by atoms with E-state index in [1.807, 2.05) is 0 Å². The highest BCUT2D eigenvalue weighted by Crippen LogP contribution is 2.28. The number of methoxy groups -OCH3 is 1. The first-order valence-corrected chi connectivity index (χ1v) is 6.75. The Morgan fingerprint density at radius 1 is 1.29 bits per heavy atom. The SMILES string of the molecule is COCCCc1nc(N)c(I)c(C(C)(C)C)n1. The maximum atomic E-state index is 5.93. The molecule has 96 valence electrons. The van der Waals surface area contributed by atoms with E-state index in [9.17, 15) is 0 Å². The van der Waals surface area contributed by atoms with Gasteiger partial charge in [0.1, 0.15) is 11.6 Å². The maximum absolute atomic E-state index is 5.93. The van der Waals surface area contributed by atoms with Crippen molar-refractivity contribution in [2.24, 2.45) is 0 Å². The highest BCUT2D eigenvalue weighted by atomic mass is 127. The van der Waals surface area contributed by atoms with Crippen molar-refractivity contribution in [1.82, 2.24) is 9.97 Å². The zero-order valence-corrected chi connectivity index (χ0v) is 13.0. The monoisotopic (exact) mass is 349 g/mol. The zero-order chi connectivity index (χ0) is 13.1. The molecule has 0 aliphatic rings. The van der Waals surface area contributed by atoms with Gasteiger partial charge in [0, 0.05) is 25.6 Å². The molecule has 1 rings (SSSR count). The lowest BCUT2D eigenvalue weighted by Gasteiger charge is -2.20. The number of nitrogens with zero attached hydrogens (tertiary/aromatic N) is 2. The van der Waals surface area contributed by atoms with Crippen molar-refractivity contribution in [3.63, 3.8) is 0 Å². The van der Waals surface area contributed by atoms with E-state index in [4.69, 9.17) is 10.5 Å². The van der Waals surface area contributed by atoms with Gasteiger partial charge in [0.25, 0.3) is 0 Å².